The van der Waals surface area contributed by atoms with E-state index in [-0.39, 0.29) is 11.1 Å². The summed E-state index contributed by atoms with van der Waals surface area (Å²) in [6, 6.07) is 7.37. The number of thioether (sulfide) groups is 1. The number of halogens is 1. The van der Waals surface area contributed by atoms with Gasteiger partial charge in [0.05, 0.1) is 4.91 Å². The fourth-order valence-electron chi connectivity index (χ4n) is 1.29. The summed E-state index contributed by atoms with van der Waals surface area (Å²) < 4.78 is 0. The minimum Gasteiger partial charge on any atom is -0.282 e. The Hall–Kier alpha value is -1.52. The fraction of sp³-hybridized carbons (Fsp3) is 0. The summed E-state index contributed by atoms with van der Waals surface area (Å²) in [4.78, 5) is 22.5. The number of carbonyl (C=O) groups excluding carboxylic acids is 2. The lowest BCUT2D eigenvalue weighted by molar-refractivity contribution is -0.115. The zero-order valence-corrected chi connectivity index (χ0v) is 10.2. The van der Waals surface area contributed by atoms with Gasteiger partial charge in [0.2, 0.25) is 0 Å². The largest absolute Gasteiger partial charge is 0.290 e. The van der Waals surface area contributed by atoms with Crippen LogP contribution in [0.25, 0.3) is 6.08 Å². The monoisotopic (exact) mass is 265 g/mol. The molecule has 86 valence electrons. The third kappa shape index (κ3) is 2.99. The number of rotatable bonds is 2. The normalized spacial score (nSPS) is 18.1. The van der Waals surface area contributed by atoms with E-state index >= 15 is 0 Å². The summed E-state index contributed by atoms with van der Waals surface area (Å²) >= 11 is 6.85. The average molecular weight is 266 g/mol. The minimum atomic E-state index is -0.358. The van der Waals surface area contributed by atoms with Crippen LogP contribution in [-0.4, -0.2) is 11.1 Å². The van der Waals surface area contributed by atoms with Gasteiger partial charge in [-0.3, -0.25) is 14.9 Å². The van der Waals surface area contributed by atoms with Crippen LogP contribution in [0, 0.1) is 0 Å². The average Bonchev–Trinajstić information content (AvgIpc) is 2.60. The quantitative estimate of drug-likeness (QED) is 0.835. The second-order valence-corrected chi connectivity index (χ2v) is 4.68. The van der Waals surface area contributed by atoms with Crippen LogP contribution in [0.4, 0.5) is 4.79 Å². The zero-order valence-electron chi connectivity index (χ0n) is 8.64. The molecule has 0 aromatic heterocycles. The second-order valence-electron chi connectivity index (χ2n) is 3.26. The lowest BCUT2D eigenvalue weighted by Crippen LogP contribution is -2.17. The van der Waals surface area contributed by atoms with Gasteiger partial charge in [0.25, 0.3) is 11.1 Å². The van der Waals surface area contributed by atoms with Crippen LogP contribution in [0.3, 0.4) is 0 Å². The first kappa shape index (κ1) is 12.0. The molecule has 0 spiro atoms. The number of amides is 2. The predicted molar refractivity (Wildman–Crippen MR) is 69.7 cm³/mol. The molecule has 1 aliphatic rings. The van der Waals surface area contributed by atoms with E-state index in [0.29, 0.717) is 9.93 Å². The number of hydrogen-bond acceptors (Lipinski definition) is 3. The van der Waals surface area contributed by atoms with Gasteiger partial charge < -0.3 is 0 Å². The van der Waals surface area contributed by atoms with Crippen molar-refractivity contribution in [3.05, 3.63) is 51.9 Å². The first-order valence-electron chi connectivity index (χ1n) is 4.83. The fourth-order valence-corrected chi connectivity index (χ4v) is 2.12. The van der Waals surface area contributed by atoms with Crippen LogP contribution >= 0.6 is 23.4 Å². The molecule has 0 bridgehead atoms. The van der Waals surface area contributed by atoms with Crippen LogP contribution in [0.2, 0.25) is 5.02 Å². The molecule has 0 radical (unpaired) electrons. The number of benzene rings is 1. The van der Waals surface area contributed by atoms with Gasteiger partial charge in [-0.15, -0.1) is 0 Å². The van der Waals surface area contributed by atoms with Crippen LogP contribution < -0.4 is 5.32 Å². The first-order chi connectivity index (χ1) is 8.16. The summed E-state index contributed by atoms with van der Waals surface area (Å²) in [5, 5.41) is 2.48. The van der Waals surface area contributed by atoms with Crippen molar-refractivity contribution in [3.63, 3.8) is 0 Å². The number of hydrogen-bond donors (Lipinski definition) is 1. The van der Waals surface area contributed by atoms with Gasteiger partial charge in [-0.05, 0) is 29.5 Å². The highest BCUT2D eigenvalue weighted by molar-refractivity contribution is 8.18. The number of carbonyl (C=O) groups is 2. The van der Waals surface area contributed by atoms with E-state index < -0.39 is 0 Å². The van der Waals surface area contributed by atoms with Crippen molar-refractivity contribution in [1.82, 2.24) is 5.32 Å². The van der Waals surface area contributed by atoms with Crippen molar-refractivity contribution in [1.29, 1.82) is 0 Å². The number of allylic oxidation sites excluding steroid dienone is 2. The van der Waals surface area contributed by atoms with Crippen molar-refractivity contribution in [2.75, 3.05) is 0 Å². The maximum atomic E-state index is 11.2. The highest BCUT2D eigenvalue weighted by Gasteiger charge is 2.24. The van der Waals surface area contributed by atoms with E-state index in [4.69, 9.17) is 11.6 Å². The van der Waals surface area contributed by atoms with E-state index in [1.165, 1.54) is 0 Å². The van der Waals surface area contributed by atoms with Crippen LogP contribution in [0.15, 0.2) is 41.3 Å². The van der Waals surface area contributed by atoms with Crippen LogP contribution in [0.5, 0.6) is 0 Å². The second kappa shape index (κ2) is 5.21. The van der Waals surface area contributed by atoms with E-state index in [1.807, 2.05) is 18.2 Å². The molecule has 0 atom stereocenters. The van der Waals surface area contributed by atoms with Gasteiger partial charge in [0, 0.05) is 5.02 Å². The topological polar surface area (TPSA) is 46.2 Å². The summed E-state index contributed by atoms with van der Waals surface area (Å²) in [5.41, 5.74) is 0.862. The molecule has 1 aliphatic heterocycles. The van der Waals surface area contributed by atoms with Crippen molar-refractivity contribution < 1.29 is 9.59 Å². The predicted octanol–water partition coefficient (Wildman–Crippen LogP) is 3.22. The Morgan fingerprint density at radius 2 is 2.00 bits per heavy atom. The molecule has 1 N–H and O–H groups in total. The summed E-state index contributed by atoms with van der Waals surface area (Å²) in [7, 11) is 0. The third-order valence-corrected chi connectivity index (χ3v) is 3.24. The molecule has 5 heteroatoms. The molecule has 1 fully saturated rings. The minimum absolute atomic E-state index is 0.340. The molecule has 0 saturated carbocycles. The Labute approximate surface area is 108 Å². The lowest BCUT2D eigenvalue weighted by Gasteiger charge is -1.94. The van der Waals surface area contributed by atoms with E-state index in [0.717, 1.165) is 17.3 Å². The lowest BCUT2D eigenvalue weighted by atomic mass is 10.2. The molecule has 1 heterocycles. The van der Waals surface area contributed by atoms with Crippen molar-refractivity contribution in [3.8, 4) is 0 Å². The number of imide groups is 1. The molecule has 2 rings (SSSR count). The number of nitrogens with one attached hydrogen (secondary N) is 1. The molecule has 17 heavy (non-hydrogen) atoms. The van der Waals surface area contributed by atoms with E-state index in [9.17, 15) is 9.59 Å². The van der Waals surface area contributed by atoms with Crippen molar-refractivity contribution in [2.45, 2.75) is 0 Å². The van der Waals surface area contributed by atoms with Gasteiger partial charge in [-0.2, -0.15) is 0 Å². The van der Waals surface area contributed by atoms with Gasteiger partial charge in [-0.1, -0.05) is 42.0 Å². The van der Waals surface area contributed by atoms with Gasteiger partial charge >= 0.3 is 0 Å². The SMILES string of the molecule is O=C1NC(=O)/C(=C/C=C/c2ccccc2Cl)S1. The third-order valence-electron chi connectivity index (χ3n) is 2.07. The Kier molecular flexibility index (Phi) is 3.66. The molecular weight excluding hydrogens is 258 g/mol. The summed E-state index contributed by atoms with van der Waals surface area (Å²) in [5.74, 6) is -0.358. The maximum Gasteiger partial charge on any atom is 0.290 e. The standard InChI is InChI=1S/C12H8ClNO2S/c13-9-6-2-1-4-8(9)5-3-7-10-11(15)14-12(16)17-10/h1-7H,(H,14,15,16)/b5-3+,10-7-. The van der Waals surface area contributed by atoms with E-state index in [2.05, 4.69) is 5.32 Å². The molecule has 1 aromatic rings. The molecule has 0 unspecified atom stereocenters. The van der Waals surface area contributed by atoms with Crippen molar-refractivity contribution >= 4 is 40.6 Å². The van der Waals surface area contributed by atoms with Crippen LogP contribution in [-0.2, 0) is 4.79 Å². The highest BCUT2D eigenvalue weighted by Crippen LogP contribution is 2.23. The first-order valence-corrected chi connectivity index (χ1v) is 6.02. The molecule has 3 nitrogen and oxygen atoms in total. The van der Waals surface area contributed by atoms with Gasteiger partial charge in [0.15, 0.2) is 0 Å². The molecule has 1 saturated heterocycles. The Balaban J connectivity index is 2.13. The Morgan fingerprint density at radius 3 is 2.65 bits per heavy atom. The van der Waals surface area contributed by atoms with Gasteiger partial charge in [0.1, 0.15) is 0 Å². The molecule has 0 aliphatic carbocycles. The smallest absolute Gasteiger partial charge is 0.282 e. The van der Waals surface area contributed by atoms with Crippen LogP contribution in [0.1, 0.15) is 5.56 Å². The summed E-state index contributed by atoms with van der Waals surface area (Å²) in [6.07, 6.45) is 5.07. The Morgan fingerprint density at radius 1 is 1.24 bits per heavy atom. The zero-order chi connectivity index (χ0) is 12.3. The Bertz CT molecular complexity index is 537. The van der Waals surface area contributed by atoms with E-state index in [1.54, 1.807) is 24.3 Å². The molecule has 2 amide bonds. The summed E-state index contributed by atoms with van der Waals surface area (Å²) in [6.45, 7) is 0. The van der Waals surface area contributed by atoms with Gasteiger partial charge in [-0.25, -0.2) is 0 Å². The highest BCUT2D eigenvalue weighted by atomic mass is 35.5. The van der Waals surface area contributed by atoms with Crippen molar-refractivity contribution in [2.24, 2.45) is 0 Å². The maximum absolute atomic E-state index is 11.2. The molecule has 1 aromatic carbocycles. The molecular formula is C12H8ClNO2S.